The molecular formula is C10H14O3. The molecule has 1 aliphatic carbocycles. The van der Waals surface area contributed by atoms with Gasteiger partial charge in [0.15, 0.2) is 0 Å². The minimum atomic E-state index is -0.342. The van der Waals surface area contributed by atoms with Crippen LogP contribution in [0.15, 0.2) is 0 Å². The standard InChI is InChI=1S/C10H14O3/c1-10-5-3-2-4-7(10)9(12)13-8(11)6-10/h7H,2-6H2,1H3/t7-,10+/m1/s1. The lowest BCUT2D eigenvalue weighted by Crippen LogP contribution is -2.44. The van der Waals surface area contributed by atoms with E-state index in [4.69, 9.17) is 0 Å². The van der Waals surface area contributed by atoms with Crippen molar-refractivity contribution in [2.75, 3.05) is 0 Å². The van der Waals surface area contributed by atoms with Gasteiger partial charge in [0.25, 0.3) is 0 Å². The van der Waals surface area contributed by atoms with Crippen LogP contribution in [0.25, 0.3) is 0 Å². The molecule has 2 rings (SSSR count). The van der Waals surface area contributed by atoms with Crippen LogP contribution in [0.1, 0.15) is 39.0 Å². The van der Waals surface area contributed by atoms with E-state index in [1.54, 1.807) is 0 Å². The molecule has 0 aromatic carbocycles. The number of ether oxygens (including phenoxy) is 1. The number of hydrogen-bond donors (Lipinski definition) is 0. The van der Waals surface area contributed by atoms with Crippen LogP contribution >= 0.6 is 0 Å². The van der Waals surface area contributed by atoms with Crippen LogP contribution in [0.5, 0.6) is 0 Å². The van der Waals surface area contributed by atoms with Crippen LogP contribution in [-0.2, 0) is 14.3 Å². The lowest BCUT2D eigenvalue weighted by molar-refractivity contribution is -0.177. The highest BCUT2D eigenvalue weighted by Crippen LogP contribution is 2.46. The zero-order valence-corrected chi connectivity index (χ0v) is 7.84. The minimum Gasteiger partial charge on any atom is -0.393 e. The first-order valence-electron chi connectivity index (χ1n) is 4.86. The zero-order chi connectivity index (χ0) is 9.47. The van der Waals surface area contributed by atoms with Crippen molar-refractivity contribution in [2.45, 2.75) is 39.0 Å². The van der Waals surface area contributed by atoms with Gasteiger partial charge < -0.3 is 4.74 Å². The molecule has 0 aromatic rings. The summed E-state index contributed by atoms with van der Waals surface area (Å²) in [5.74, 6) is -0.664. The van der Waals surface area contributed by atoms with E-state index in [2.05, 4.69) is 4.74 Å². The minimum absolute atomic E-state index is 0.0288. The van der Waals surface area contributed by atoms with Crippen molar-refractivity contribution in [3.63, 3.8) is 0 Å². The van der Waals surface area contributed by atoms with E-state index >= 15 is 0 Å². The molecule has 3 heteroatoms. The second-order valence-electron chi connectivity index (χ2n) is 4.42. The first-order chi connectivity index (χ1) is 6.12. The Bertz CT molecular complexity index is 259. The highest BCUT2D eigenvalue weighted by molar-refractivity contribution is 5.90. The van der Waals surface area contributed by atoms with Crippen LogP contribution in [-0.4, -0.2) is 11.9 Å². The smallest absolute Gasteiger partial charge is 0.317 e. The van der Waals surface area contributed by atoms with Crippen molar-refractivity contribution >= 4 is 11.9 Å². The van der Waals surface area contributed by atoms with Crippen LogP contribution in [0.3, 0.4) is 0 Å². The van der Waals surface area contributed by atoms with E-state index < -0.39 is 0 Å². The zero-order valence-electron chi connectivity index (χ0n) is 7.84. The number of carbonyl (C=O) groups is 2. The van der Waals surface area contributed by atoms with Gasteiger partial charge in [-0.2, -0.15) is 0 Å². The van der Waals surface area contributed by atoms with Crippen molar-refractivity contribution in [1.82, 2.24) is 0 Å². The molecule has 13 heavy (non-hydrogen) atoms. The first kappa shape index (κ1) is 8.73. The van der Waals surface area contributed by atoms with E-state index in [0.717, 1.165) is 25.7 Å². The summed E-state index contributed by atoms with van der Waals surface area (Å²) in [6.07, 6.45) is 4.52. The summed E-state index contributed by atoms with van der Waals surface area (Å²) in [7, 11) is 0. The van der Waals surface area contributed by atoms with Gasteiger partial charge in [-0.1, -0.05) is 19.8 Å². The third kappa shape index (κ3) is 1.36. The molecule has 3 nitrogen and oxygen atoms in total. The topological polar surface area (TPSA) is 43.4 Å². The molecule has 0 unspecified atom stereocenters. The molecule has 2 atom stereocenters. The Morgan fingerprint density at radius 3 is 2.92 bits per heavy atom. The van der Waals surface area contributed by atoms with Gasteiger partial charge in [0.1, 0.15) is 0 Å². The predicted molar refractivity (Wildman–Crippen MR) is 45.8 cm³/mol. The number of esters is 2. The van der Waals surface area contributed by atoms with Crippen LogP contribution < -0.4 is 0 Å². The van der Waals surface area contributed by atoms with Gasteiger partial charge >= 0.3 is 11.9 Å². The lowest BCUT2D eigenvalue weighted by Gasteiger charge is -2.41. The Balaban J connectivity index is 2.24. The summed E-state index contributed by atoms with van der Waals surface area (Å²) >= 11 is 0. The van der Waals surface area contributed by atoms with Crippen molar-refractivity contribution in [1.29, 1.82) is 0 Å². The number of carbonyl (C=O) groups excluding carboxylic acids is 2. The summed E-state index contributed by atoms with van der Waals surface area (Å²) in [6, 6.07) is 0. The van der Waals surface area contributed by atoms with Crippen molar-refractivity contribution in [3.05, 3.63) is 0 Å². The molecule has 0 N–H and O–H groups in total. The van der Waals surface area contributed by atoms with E-state index in [9.17, 15) is 9.59 Å². The molecule has 0 amide bonds. The monoisotopic (exact) mass is 182 g/mol. The fourth-order valence-corrected chi connectivity index (χ4v) is 2.56. The van der Waals surface area contributed by atoms with Crippen molar-refractivity contribution < 1.29 is 14.3 Å². The van der Waals surface area contributed by atoms with E-state index in [0.29, 0.717) is 6.42 Å². The summed E-state index contributed by atoms with van der Waals surface area (Å²) in [5.41, 5.74) is -0.106. The highest BCUT2D eigenvalue weighted by atomic mass is 16.6. The molecule has 1 saturated heterocycles. The van der Waals surface area contributed by atoms with Crippen LogP contribution in [0, 0.1) is 11.3 Å². The summed E-state index contributed by atoms with van der Waals surface area (Å²) < 4.78 is 4.64. The second kappa shape index (κ2) is 2.82. The normalized spacial score (nSPS) is 39.6. The Morgan fingerprint density at radius 1 is 1.38 bits per heavy atom. The van der Waals surface area contributed by atoms with Gasteiger partial charge in [-0.05, 0) is 18.3 Å². The molecule has 0 spiro atoms. The maximum atomic E-state index is 11.4. The second-order valence-corrected chi connectivity index (χ2v) is 4.42. The summed E-state index contributed by atoms with van der Waals surface area (Å²) in [6.45, 7) is 2.04. The molecule has 1 saturated carbocycles. The molecule has 0 bridgehead atoms. The Hall–Kier alpha value is -0.860. The predicted octanol–water partition coefficient (Wildman–Crippen LogP) is 1.66. The van der Waals surface area contributed by atoms with Gasteiger partial charge in [0.2, 0.25) is 0 Å². The molecule has 1 heterocycles. The van der Waals surface area contributed by atoms with Gasteiger partial charge in [-0.25, -0.2) is 0 Å². The largest absolute Gasteiger partial charge is 0.393 e. The van der Waals surface area contributed by atoms with Gasteiger partial charge in [0, 0.05) is 0 Å². The van der Waals surface area contributed by atoms with Crippen molar-refractivity contribution in [3.8, 4) is 0 Å². The maximum absolute atomic E-state index is 11.4. The molecule has 72 valence electrons. The SMILES string of the molecule is C[C@@]12CCCC[C@@H]1C(=O)OC(=O)C2. The molecule has 0 aromatic heterocycles. The Labute approximate surface area is 77.4 Å². The van der Waals surface area contributed by atoms with Gasteiger partial charge in [0.05, 0.1) is 12.3 Å². The molecular weight excluding hydrogens is 168 g/mol. The molecule has 2 aliphatic rings. The fourth-order valence-electron chi connectivity index (χ4n) is 2.56. The lowest BCUT2D eigenvalue weighted by atomic mass is 9.65. The number of hydrogen-bond acceptors (Lipinski definition) is 3. The number of fused-ring (bicyclic) bond motifs is 1. The van der Waals surface area contributed by atoms with E-state index in [1.165, 1.54) is 0 Å². The highest BCUT2D eigenvalue weighted by Gasteiger charge is 2.47. The van der Waals surface area contributed by atoms with Gasteiger partial charge in [-0.3, -0.25) is 9.59 Å². The number of rotatable bonds is 0. The molecule has 0 radical (unpaired) electrons. The Kier molecular flexibility index (Phi) is 1.90. The third-order valence-electron chi connectivity index (χ3n) is 3.38. The van der Waals surface area contributed by atoms with Crippen LogP contribution in [0.4, 0.5) is 0 Å². The molecule has 2 fully saturated rings. The van der Waals surface area contributed by atoms with Crippen LogP contribution in [0.2, 0.25) is 0 Å². The quantitative estimate of drug-likeness (QED) is 0.422. The van der Waals surface area contributed by atoms with Gasteiger partial charge in [-0.15, -0.1) is 0 Å². The van der Waals surface area contributed by atoms with Crippen molar-refractivity contribution in [2.24, 2.45) is 11.3 Å². The average molecular weight is 182 g/mol. The van der Waals surface area contributed by atoms with E-state index in [-0.39, 0.29) is 23.3 Å². The number of cyclic esters (lactones) is 2. The third-order valence-corrected chi connectivity index (χ3v) is 3.38. The Morgan fingerprint density at radius 2 is 2.15 bits per heavy atom. The fraction of sp³-hybridized carbons (Fsp3) is 0.800. The summed E-state index contributed by atoms with van der Waals surface area (Å²) in [4.78, 5) is 22.5. The maximum Gasteiger partial charge on any atom is 0.317 e. The average Bonchev–Trinajstić information content (AvgIpc) is 2.01. The molecule has 1 aliphatic heterocycles. The first-order valence-corrected chi connectivity index (χ1v) is 4.86. The summed E-state index contributed by atoms with van der Waals surface area (Å²) in [5, 5.41) is 0. The van der Waals surface area contributed by atoms with E-state index in [1.807, 2.05) is 6.92 Å².